The zero-order chi connectivity index (χ0) is 18.6. The number of morpholine rings is 1. The summed E-state index contributed by atoms with van der Waals surface area (Å²) in [5, 5.41) is 6.83. The van der Waals surface area contributed by atoms with E-state index in [0.717, 1.165) is 57.8 Å². The van der Waals surface area contributed by atoms with E-state index in [1.807, 2.05) is 7.05 Å². The molecule has 0 unspecified atom stereocenters. The summed E-state index contributed by atoms with van der Waals surface area (Å²) in [6, 6.07) is 8.82. The molecule has 0 spiro atoms. The van der Waals surface area contributed by atoms with E-state index in [1.54, 1.807) is 0 Å². The van der Waals surface area contributed by atoms with Crippen molar-refractivity contribution in [2.24, 2.45) is 10.9 Å². The maximum absolute atomic E-state index is 5.43. The summed E-state index contributed by atoms with van der Waals surface area (Å²) in [6.45, 7) is 11.1. The summed E-state index contributed by atoms with van der Waals surface area (Å²) in [5.74, 6) is 1.67. The Bertz CT molecular complexity index is 545. The largest absolute Gasteiger partial charge is 0.379 e. The van der Waals surface area contributed by atoms with Gasteiger partial charge in [-0.25, -0.2) is 0 Å². The highest BCUT2D eigenvalue weighted by molar-refractivity contribution is 14.0. The second kappa shape index (κ2) is 14.2. The Balaban J connectivity index is 0.00000364. The lowest BCUT2D eigenvalue weighted by Crippen LogP contribution is -2.37. The summed E-state index contributed by atoms with van der Waals surface area (Å²) in [7, 11) is 1.83. The van der Waals surface area contributed by atoms with Crippen molar-refractivity contribution in [2.75, 3.05) is 39.9 Å². The molecule has 154 valence electrons. The van der Waals surface area contributed by atoms with Crippen molar-refractivity contribution in [1.82, 2.24) is 15.5 Å². The van der Waals surface area contributed by atoms with Crippen LogP contribution in [0, 0.1) is 5.92 Å². The zero-order valence-electron chi connectivity index (χ0n) is 17.2. The van der Waals surface area contributed by atoms with Crippen LogP contribution in [-0.4, -0.2) is 50.8 Å². The van der Waals surface area contributed by atoms with Crippen molar-refractivity contribution < 1.29 is 4.74 Å². The van der Waals surface area contributed by atoms with Gasteiger partial charge >= 0.3 is 0 Å². The third kappa shape index (κ3) is 10.3. The van der Waals surface area contributed by atoms with E-state index in [0.29, 0.717) is 0 Å². The van der Waals surface area contributed by atoms with Crippen LogP contribution in [0.4, 0.5) is 0 Å². The van der Waals surface area contributed by atoms with Crippen molar-refractivity contribution in [2.45, 2.75) is 46.2 Å². The van der Waals surface area contributed by atoms with Crippen LogP contribution in [0.2, 0.25) is 0 Å². The molecule has 27 heavy (non-hydrogen) atoms. The minimum absolute atomic E-state index is 0. The monoisotopic (exact) mass is 488 g/mol. The SMILES string of the molecule is CN=C(NCCCCC(C)C)NCc1cccc(CN2CCOCC2)c1.I. The molecule has 2 N–H and O–H groups in total. The van der Waals surface area contributed by atoms with Crippen LogP contribution >= 0.6 is 24.0 Å². The molecule has 2 rings (SSSR count). The number of guanidine groups is 1. The summed E-state index contributed by atoms with van der Waals surface area (Å²) >= 11 is 0. The lowest BCUT2D eigenvalue weighted by atomic mass is 10.1. The third-order valence-electron chi connectivity index (χ3n) is 4.69. The smallest absolute Gasteiger partial charge is 0.191 e. The first-order chi connectivity index (χ1) is 12.7. The highest BCUT2D eigenvalue weighted by Gasteiger charge is 2.10. The fourth-order valence-electron chi connectivity index (χ4n) is 3.15. The summed E-state index contributed by atoms with van der Waals surface area (Å²) in [4.78, 5) is 6.78. The highest BCUT2D eigenvalue weighted by Crippen LogP contribution is 2.10. The van der Waals surface area contributed by atoms with Crippen LogP contribution < -0.4 is 10.6 Å². The van der Waals surface area contributed by atoms with Crippen molar-refractivity contribution in [3.8, 4) is 0 Å². The van der Waals surface area contributed by atoms with E-state index in [4.69, 9.17) is 4.74 Å². The molecular weight excluding hydrogens is 451 g/mol. The van der Waals surface area contributed by atoms with Gasteiger partial charge in [-0.15, -0.1) is 24.0 Å². The first kappa shape index (κ1) is 24.2. The molecule has 0 bridgehead atoms. The fourth-order valence-corrected chi connectivity index (χ4v) is 3.15. The van der Waals surface area contributed by atoms with E-state index in [-0.39, 0.29) is 24.0 Å². The quantitative estimate of drug-likeness (QED) is 0.241. The Morgan fingerprint density at radius 1 is 1.15 bits per heavy atom. The van der Waals surface area contributed by atoms with Gasteiger partial charge in [-0.1, -0.05) is 51.0 Å². The van der Waals surface area contributed by atoms with Gasteiger partial charge < -0.3 is 15.4 Å². The van der Waals surface area contributed by atoms with Crippen molar-refractivity contribution in [3.63, 3.8) is 0 Å². The Labute approximate surface area is 182 Å². The first-order valence-electron chi connectivity index (χ1n) is 10.00. The maximum Gasteiger partial charge on any atom is 0.191 e. The second-order valence-corrected chi connectivity index (χ2v) is 7.45. The molecule has 0 radical (unpaired) electrons. The molecule has 0 aliphatic carbocycles. The highest BCUT2D eigenvalue weighted by atomic mass is 127. The summed E-state index contributed by atoms with van der Waals surface area (Å²) in [5.41, 5.74) is 2.65. The van der Waals surface area contributed by atoms with Crippen molar-refractivity contribution in [3.05, 3.63) is 35.4 Å². The van der Waals surface area contributed by atoms with Gasteiger partial charge in [0.1, 0.15) is 0 Å². The van der Waals surface area contributed by atoms with Crippen LogP contribution in [0.1, 0.15) is 44.2 Å². The van der Waals surface area contributed by atoms with Crippen molar-refractivity contribution in [1.29, 1.82) is 0 Å². The van der Waals surface area contributed by atoms with Crippen molar-refractivity contribution >= 4 is 29.9 Å². The minimum Gasteiger partial charge on any atom is -0.379 e. The molecule has 5 nitrogen and oxygen atoms in total. The van der Waals surface area contributed by atoms with E-state index in [2.05, 4.69) is 58.6 Å². The molecule has 1 aliphatic heterocycles. The Kier molecular flexibility index (Phi) is 12.7. The van der Waals surface area contributed by atoms with Crippen LogP contribution in [0.15, 0.2) is 29.3 Å². The standard InChI is InChI=1S/C21H36N4O.HI/c1-18(2)7-4-5-10-23-21(22-3)24-16-19-8-6-9-20(15-19)17-25-11-13-26-14-12-25;/h6,8-9,15,18H,4-5,7,10-14,16-17H2,1-3H3,(H2,22,23,24);1H. The van der Waals surface area contributed by atoms with Crippen LogP contribution in [0.25, 0.3) is 0 Å². The molecule has 6 heteroatoms. The Hall–Kier alpha value is -0.860. The number of hydrogen-bond acceptors (Lipinski definition) is 3. The average Bonchev–Trinajstić information content (AvgIpc) is 2.65. The van der Waals surface area contributed by atoms with Crippen LogP contribution in [-0.2, 0) is 17.8 Å². The normalized spacial score (nSPS) is 15.5. The van der Waals surface area contributed by atoms with Gasteiger partial charge in [0.2, 0.25) is 0 Å². The molecule has 1 saturated heterocycles. The minimum atomic E-state index is 0. The van der Waals surface area contributed by atoms with E-state index in [1.165, 1.54) is 30.4 Å². The number of ether oxygens (including phenoxy) is 1. The number of halogens is 1. The number of nitrogens with one attached hydrogen (secondary N) is 2. The number of rotatable bonds is 9. The zero-order valence-corrected chi connectivity index (χ0v) is 19.5. The third-order valence-corrected chi connectivity index (χ3v) is 4.69. The molecule has 1 aromatic carbocycles. The Morgan fingerprint density at radius 2 is 1.89 bits per heavy atom. The van der Waals surface area contributed by atoms with Crippen LogP contribution in [0.5, 0.6) is 0 Å². The molecule has 0 aromatic heterocycles. The van der Waals surface area contributed by atoms with E-state index in [9.17, 15) is 0 Å². The topological polar surface area (TPSA) is 48.9 Å². The van der Waals surface area contributed by atoms with Crippen LogP contribution in [0.3, 0.4) is 0 Å². The number of benzene rings is 1. The first-order valence-corrected chi connectivity index (χ1v) is 10.00. The molecule has 1 aliphatic rings. The number of hydrogen-bond donors (Lipinski definition) is 2. The second-order valence-electron chi connectivity index (χ2n) is 7.45. The molecule has 1 fully saturated rings. The van der Waals surface area contributed by atoms with Gasteiger partial charge in [-0.2, -0.15) is 0 Å². The summed E-state index contributed by atoms with van der Waals surface area (Å²) in [6.07, 6.45) is 3.75. The molecule has 0 saturated carbocycles. The molecular formula is C21H37IN4O. The average molecular weight is 488 g/mol. The van der Waals surface area contributed by atoms with Gasteiger partial charge in [-0.3, -0.25) is 9.89 Å². The van der Waals surface area contributed by atoms with E-state index >= 15 is 0 Å². The molecule has 1 heterocycles. The predicted molar refractivity (Wildman–Crippen MR) is 125 cm³/mol. The molecule has 0 atom stereocenters. The Morgan fingerprint density at radius 3 is 2.59 bits per heavy atom. The molecule has 0 amide bonds. The van der Waals surface area contributed by atoms with Gasteiger partial charge in [-0.05, 0) is 23.5 Å². The van der Waals surface area contributed by atoms with Gasteiger partial charge in [0, 0.05) is 39.8 Å². The summed E-state index contributed by atoms with van der Waals surface area (Å²) < 4.78 is 5.43. The predicted octanol–water partition coefficient (Wildman–Crippen LogP) is 3.63. The number of unbranched alkanes of at least 4 members (excludes halogenated alkanes) is 1. The number of nitrogens with zero attached hydrogens (tertiary/aromatic N) is 2. The van der Waals surface area contributed by atoms with E-state index < -0.39 is 0 Å². The van der Waals surface area contributed by atoms with Gasteiger partial charge in [0.25, 0.3) is 0 Å². The maximum atomic E-state index is 5.43. The van der Waals surface area contributed by atoms with Gasteiger partial charge in [0.05, 0.1) is 13.2 Å². The number of aliphatic imine (C=N–C) groups is 1. The molecule has 1 aromatic rings. The lowest BCUT2D eigenvalue weighted by molar-refractivity contribution is 0.0342. The fraction of sp³-hybridized carbons (Fsp3) is 0.667. The lowest BCUT2D eigenvalue weighted by Gasteiger charge is -2.26. The van der Waals surface area contributed by atoms with Gasteiger partial charge in [0.15, 0.2) is 5.96 Å².